The van der Waals surface area contributed by atoms with Crippen molar-refractivity contribution in [2.75, 3.05) is 6.54 Å². The van der Waals surface area contributed by atoms with Gasteiger partial charge in [0.25, 0.3) is 0 Å². The van der Waals surface area contributed by atoms with Crippen molar-refractivity contribution >= 4 is 34.1 Å². The van der Waals surface area contributed by atoms with Gasteiger partial charge >= 0.3 is 0 Å². The van der Waals surface area contributed by atoms with Crippen LogP contribution in [0.2, 0.25) is 10.0 Å². The average Bonchev–Trinajstić information content (AvgIpc) is 2.90. The number of fused-ring (bicyclic) bond motifs is 3. The Bertz CT molecular complexity index is 819. The number of hydrogen-bond donors (Lipinski definition) is 2. The van der Waals surface area contributed by atoms with Crippen LogP contribution in [0.25, 0.3) is 22.0 Å². The lowest BCUT2D eigenvalue weighted by Gasteiger charge is -2.14. The first kappa shape index (κ1) is 13.2. The van der Waals surface area contributed by atoms with E-state index in [0.29, 0.717) is 0 Å². The Kier molecular flexibility index (Phi) is 3.18. The fraction of sp³-hybridized carbons (Fsp3) is 0.176. The van der Waals surface area contributed by atoms with Gasteiger partial charge in [0, 0.05) is 35.6 Å². The molecule has 0 amide bonds. The molecule has 0 fully saturated rings. The molecule has 2 nitrogen and oxygen atoms in total. The van der Waals surface area contributed by atoms with Crippen LogP contribution in [0.15, 0.2) is 36.4 Å². The van der Waals surface area contributed by atoms with Crippen molar-refractivity contribution in [1.82, 2.24) is 10.3 Å². The summed E-state index contributed by atoms with van der Waals surface area (Å²) in [5.74, 6) is 0. The van der Waals surface area contributed by atoms with Crippen LogP contribution in [-0.2, 0) is 13.0 Å². The fourth-order valence-corrected chi connectivity index (χ4v) is 3.43. The minimum absolute atomic E-state index is 0.752. The molecule has 0 bridgehead atoms. The van der Waals surface area contributed by atoms with Crippen LogP contribution in [0.4, 0.5) is 0 Å². The number of hydrogen-bond acceptors (Lipinski definition) is 1. The number of benzene rings is 2. The summed E-state index contributed by atoms with van der Waals surface area (Å²) in [5.41, 5.74) is 6.04. The molecule has 4 rings (SSSR count). The highest BCUT2D eigenvalue weighted by Crippen LogP contribution is 2.37. The molecule has 2 aromatic carbocycles. The van der Waals surface area contributed by atoms with Crippen LogP contribution in [0.3, 0.4) is 0 Å². The normalized spacial score (nSPS) is 14.4. The quantitative estimate of drug-likeness (QED) is 0.664. The zero-order valence-electron chi connectivity index (χ0n) is 11.3. The second kappa shape index (κ2) is 5.06. The lowest BCUT2D eigenvalue weighted by Crippen LogP contribution is -2.22. The number of halogens is 2. The maximum atomic E-state index is 6.39. The summed E-state index contributed by atoms with van der Waals surface area (Å²) < 4.78 is 0. The van der Waals surface area contributed by atoms with Gasteiger partial charge in [-0.1, -0.05) is 41.4 Å². The Hall–Kier alpha value is -1.48. The summed E-state index contributed by atoms with van der Waals surface area (Å²) in [6.07, 6.45) is 1.01. The topological polar surface area (TPSA) is 27.8 Å². The summed E-state index contributed by atoms with van der Waals surface area (Å²) in [6.45, 7) is 1.89. The molecular formula is C17H14Cl2N2. The fourth-order valence-electron chi connectivity index (χ4n) is 3.10. The highest BCUT2D eigenvalue weighted by molar-refractivity contribution is 6.36. The van der Waals surface area contributed by atoms with Gasteiger partial charge in [0.1, 0.15) is 0 Å². The molecule has 2 heterocycles. The van der Waals surface area contributed by atoms with Gasteiger partial charge in [0.05, 0.1) is 10.5 Å². The molecule has 1 aliphatic heterocycles. The molecule has 3 aromatic rings. The van der Waals surface area contributed by atoms with E-state index in [9.17, 15) is 0 Å². The first-order chi connectivity index (χ1) is 10.2. The van der Waals surface area contributed by atoms with E-state index in [1.807, 2.05) is 18.2 Å². The maximum Gasteiger partial charge on any atom is 0.0655 e. The molecule has 21 heavy (non-hydrogen) atoms. The SMILES string of the molecule is Clc1ccc(-c2ccc(Cl)c3[nH]c4c(c23)CNCC4)cc1. The van der Waals surface area contributed by atoms with Crippen LogP contribution in [0.5, 0.6) is 0 Å². The molecule has 1 aromatic heterocycles. The highest BCUT2D eigenvalue weighted by Gasteiger charge is 2.19. The number of nitrogens with one attached hydrogen (secondary N) is 2. The Balaban J connectivity index is 2.03. The van der Waals surface area contributed by atoms with E-state index in [0.717, 1.165) is 40.6 Å². The van der Waals surface area contributed by atoms with E-state index < -0.39 is 0 Å². The van der Waals surface area contributed by atoms with Crippen molar-refractivity contribution in [3.05, 3.63) is 57.7 Å². The Morgan fingerprint density at radius 1 is 0.952 bits per heavy atom. The molecular weight excluding hydrogens is 303 g/mol. The predicted octanol–water partition coefficient (Wildman–Crippen LogP) is 4.79. The molecule has 0 saturated carbocycles. The van der Waals surface area contributed by atoms with Gasteiger partial charge in [-0.2, -0.15) is 0 Å². The summed E-state index contributed by atoms with van der Waals surface area (Å²) >= 11 is 12.4. The number of rotatable bonds is 1. The van der Waals surface area contributed by atoms with Crippen molar-refractivity contribution in [3.8, 4) is 11.1 Å². The van der Waals surface area contributed by atoms with Crippen LogP contribution in [0, 0.1) is 0 Å². The first-order valence-electron chi connectivity index (χ1n) is 7.02. The minimum Gasteiger partial charge on any atom is -0.357 e. The van der Waals surface area contributed by atoms with Crippen molar-refractivity contribution < 1.29 is 0 Å². The standard InChI is InChI=1S/C17H14Cl2N2/c18-11-3-1-10(2-4-11)12-5-6-14(19)17-16(12)13-9-20-8-7-15(13)21-17/h1-6,20-21H,7-9H2. The third kappa shape index (κ3) is 2.15. The van der Waals surface area contributed by atoms with Gasteiger partial charge in [-0.05, 0) is 34.9 Å². The van der Waals surface area contributed by atoms with Crippen molar-refractivity contribution in [3.63, 3.8) is 0 Å². The molecule has 0 saturated heterocycles. The monoisotopic (exact) mass is 316 g/mol. The third-order valence-corrected chi connectivity index (χ3v) is 4.67. The van der Waals surface area contributed by atoms with E-state index in [-0.39, 0.29) is 0 Å². The van der Waals surface area contributed by atoms with Gasteiger partial charge in [0.2, 0.25) is 0 Å². The van der Waals surface area contributed by atoms with Gasteiger partial charge < -0.3 is 10.3 Å². The van der Waals surface area contributed by atoms with Crippen molar-refractivity contribution in [2.45, 2.75) is 13.0 Å². The molecule has 0 atom stereocenters. The molecule has 106 valence electrons. The van der Waals surface area contributed by atoms with Crippen LogP contribution < -0.4 is 5.32 Å². The molecule has 0 aliphatic carbocycles. The molecule has 4 heteroatoms. The minimum atomic E-state index is 0.752. The Labute approximate surface area is 133 Å². The second-order valence-corrected chi connectivity index (χ2v) is 6.20. The molecule has 2 N–H and O–H groups in total. The molecule has 1 aliphatic rings. The molecule has 0 spiro atoms. The van der Waals surface area contributed by atoms with Crippen molar-refractivity contribution in [2.24, 2.45) is 0 Å². The van der Waals surface area contributed by atoms with E-state index in [2.05, 4.69) is 28.5 Å². The smallest absolute Gasteiger partial charge is 0.0655 e. The predicted molar refractivity (Wildman–Crippen MR) is 89.2 cm³/mol. The third-order valence-electron chi connectivity index (χ3n) is 4.11. The maximum absolute atomic E-state index is 6.39. The first-order valence-corrected chi connectivity index (χ1v) is 7.78. The lowest BCUT2D eigenvalue weighted by molar-refractivity contribution is 0.641. The average molecular weight is 317 g/mol. The number of aromatic nitrogens is 1. The summed E-state index contributed by atoms with van der Waals surface area (Å²) in [7, 11) is 0. The summed E-state index contributed by atoms with van der Waals surface area (Å²) in [6, 6.07) is 12.0. The van der Waals surface area contributed by atoms with Crippen LogP contribution >= 0.6 is 23.2 Å². The van der Waals surface area contributed by atoms with E-state index in [1.54, 1.807) is 0 Å². The Morgan fingerprint density at radius 3 is 2.57 bits per heavy atom. The molecule has 0 radical (unpaired) electrons. The lowest BCUT2D eigenvalue weighted by atomic mass is 9.97. The second-order valence-electron chi connectivity index (χ2n) is 5.36. The number of aromatic amines is 1. The Morgan fingerprint density at radius 2 is 1.76 bits per heavy atom. The van der Waals surface area contributed by atoms with Crippen molar-refractivity contribution in [1.29, 1.82) is 0 Å². The zero-order chi connectivity index (χ0) is 14.4. The zero-order valence-corrected chi connectivity index (χ0v) is 12.9. The van der Waals surface area contributed by atoms with Gasteiger partial charge in [-0.3, -0.25) is 0 Å². The highest BCUT2D eigenvalue weighted by atomic mass is 35.5. The van der Waals surface area contributed by atoms with Gasteiger partial charge in [-0.15, -0.1) is 0 Å². The largest absolute Gasteiger partial charge is 0.357 e. The molecule has 0 unspecified atom stereocenters. The van der Waals surface area contributed by atoms with Gasteiger partial charge in [-0.25, -0.2) is 0 Å². The summed E-state index contributed by atoms with van der Waals surface area (Å²) in [5, 5.41) is 6.20. The summed E-state index contributed by atoms with van der Waals surface area (Å²) in [4.78, 5) is 3.51. The van der Waals surface area contributed by atoms with Crippen LogP contribution in [-0.4, -0.2) is 11.5 Å². The van der Waals surface area contributed by atoms with Gasteiger partial charge in [0.15, 0.2) is 0 Å². The number of H-pyrrole nitrogens is 1. The van der Waals surface area contributed by atoms with E-state index >= 15 is 0 Å². The van der Waals surface area contributed by atoms with E-state index in [4.69, 9.17) is 23.2 Å². The van der Waals surface area contributed by atoms with Crippen LogP contribution in [0.1, 0.15) is 11.3 Å². The van der Waals surface area contributed by atoms with E-state index in [1.165, 1.54) is 22.2 Å².